The van der Waals surface area contributed by atoms with E-state index in [1.54, 1.807) is 6.07 Å². The Morgan fingerprint density at radius 2 is 1.28 bits per heavy atom. The van der Waals surface area contributed by atoms with Crippen molar-refractivity contribution in [2.24, 2.45) is 0 Å². The zero-order valence-corrected chi connectivity index (χ0v) is 20.1. The summed E-state index contributed by atoms with van der Waals surface area (Å²) in [5, 5.41) is 0. The van der Waals surface area contributed by atoms with Crippen LogP contribution >= 0.6 is 0 Å². The van der Waals surface area contributed by atoms with Gasteiger partial charge in [0.25, 0.3) is 0 Å². The van der Waals surface area contributed by atoms with Gasteiger partial charge in [-0.3, -0.25) is 4.55 Å². The summed E-state index contributed by atoms with van der Waals surface area (Å²) in [5.74, 6) is 0. The molecule has 5 nitrogen and oxygen atoms in total. The molecule has 32 heavy (non-hydrogen) atoms. The Labute approximate surface area is 194 Å². The van der Waals surface area contributed by atoms with Crippen molar-refractivity contribution in [2.75, 3.05) is 9.21 Å². The Morgan fingerprint density at radius 3 is 1.88 bits per heavy atom. The Hall–Kier alpha value is -2.05. The molecule has 0 saturated carbocycles. The molecule has 1 aliphatic rings. The molecule has 1 aliphatic heterocycles. The van der Waals surface area contributed by atoms with E-state index >= 15 is 0 Å². The normalized spacial score (nSPS) is 15.9. The molecule has 0 bridgehead atoms. The smallest absolute Gasteiger partial charge is 0.344 e. The van der Waals surface area contributed by atoms with Crippen LogP contribution in [0.5, 0.6) is 0 Å². The molecule has 3 rings (SSSR count). The molecule has 1 N–H and O–H groups in total. The largest absolute Gasteiger partial charge is 0.361 e. The summed E-state index contributed by atoms with van der Waals surface area (Å²) in [7, 11) is -4.36. The predicted octanol–water partition coefficient (Wildman–Crippen LogP) is 6.95. The summed E-state index contributed by atoms with van der Waals surface area (Å²) in [6, 6.07) is 17.5. The second-order valence-electron chi connectivity index (χ2n) is 8.83. The van der Waals surface area contributed by atoms with Crippen LogP contribution in [0.1, 0.15) is 83.1 Å². The van der Waals surface area contributed by atoms with Crippen LogP contribution in [0.25, 0.3) is 0 Å². The van der Waals surface area contributed by atoms with Crippen molar-refractivity contribution in [3.05, 3.63) is 60.2 Å². The summed E-state index contributed by atoms with van der Waals surface area (Å²) in [4.78, 5) is 2.12. The summed E-state index contributed by atoms with van der Waals surface area (Å²) in [6.07, 6.45) is 12.6. The minimum atomic E-state index is -4.36. The van der Waals surface area contributed by atoms with Crippen molar-refractivity contribution < 1.29 is 13.0 Å². The van der Waals surface area contributed by atoms with E-state index in [-0.39, 0.29) is 0 Å². The Morgan fingerprint density at radius 1 is 0.750 bits per heavy atom. The minimum absolute atomic E-state index is 0.406. The second-order valence-corrected chi connectivity index (χ2v) is 10.1. The van der Waals surface area contributed by atoms with Gasteiger partial charge in [0, 0.05) is 6.54 Å². The summed E-state index contributed by atoms with van der Waals surface area (Å²) >= 11 is 0. The van der Waals surface area contributed by atoms with Crippen molar-refractivity contribution in [3.8, 4) is 0 Å². The number of fused-ring (bicyclic) bond motifs is 1. The van der Waals surface area contributed by atoms with Crippen LogP contribution in [0.15, 0.2) is 54.6 Å². The van der Waals surface area contributed by atoms with Gasteiger partial charge in [0.05, 0.1) is 11.4 Å². The van der Waals surface area contributed by atoms with Gasteiger partial charge in [-0.25, -0.2) is 4.31 Å². The van der Waals surface area contributed by atoms with Gasteiger partial charge in [-0.2, -0.15) is 8.42 Å². The van der Waals surface area contributed by atoms with Gasteiger partial charge in [-0.15, -0.1) is 0 Å². The predicted molar refractivity (Wildman–Crippen MR) is 133 cm³/mol. The quantitative estimate of drug-likeness (QED) is 0.246. The Balaban J connectivity index is 1.61. The van der Waals surface area contributed by atoms with Crippen molar-refractivity contribution in [2.45, 2.75) is 90.3 Å². The first kappa shape index (κ1) is 24.6. The van der Waals surface area contributed by atoms with Gasteiger partial charge < -0.3 is 4.90 Å². The first-order valence-electron chi connectivity index (χ1n) is 12.2. The molecule has 176 valence electrons. The fourth-order valence-electron chi connectivity index (χ4n) is 4.68. The second kappa shape index (κ2) is 12.3. The highest BCUT2D eigenvalue weighted by Crippen LogP contribution is 2.43. The zero-order valence-electron chi connectivity index (χ0n) is 19.3. The van der Waals surface area contributed by atoms with E-state index in [4.69, 9.17) is 0 Å². The fourth-order valence-corrected chi connectivity index (χ4v) is 5.61. The van der Waals surface area contributed by atoms with Gasteiger partial charge >= 0.3 is 10.3 Å². The maximum atomic E-state index is 12.3. The van der Waals surface area contributed by atoms with Gasteiger partial charge in [0.2, 0.25) is 0 Å². The summed E-state index contributed by atoms with van der Waals surface area (Å²) in [5.41, 5.74) is 2.53. The number of anilines is 2. The maximum Gasteiger partial charge on any atom is 0.361 e. The highest BCUT2D eigenvalue weighted by Gasteiger charge is 2.41. The molecule has 2 aromatic carbocycles. The van der Waals surface area contributed by atoms with E-state index < -0.39 is 16.5 Å². The van der Waals surface area contributed by atoms with Crippen LogP contribution in [0.4, 0.5) is 11.4 Å². The number of unbranched alkanes of at least 4 members (excludes halogenated alkanes) is 9. The van der Waals surface area contributed by atoms with Gasteiger partial charge in [-0.1, -0.05) is 107 Å². The zero-order chi connectivity index (χ0) is 22.8. The van der Waals surface area contributed by atoms with Crippen LogP contribution in [-0.2, 0) is 16.8 Å². The van der Waals surface area contributed by atoms with Gasteiger partial charge in [0.1, 0.15) is 6.17 Å². The molecule has 1 atom stereocenters. The number of benzene rings is 2. The summed E-state index contributed by atoms with van der Waals surface area (Å²) in [6.45, 7) is 2.85. The molecule has 1 unspecified atom stereocenters. The molecule has 0 radical (unpaired) electrons. The summed E-state index contributed by atoms with van der Waals surface area (Å²) < 4.78 is 35.9. The average molecular weight is 459 g/mol. The van der Waals surface area contributed by atoms with Crippen LogP contribution in [-0.4, -0.2) is 19.1 Å². The van der Waals surface area contributed by atoms with Crippen molar-refractivity contribution >= 4 is 21.7 Å². The third-order valence-electron chi connectivity index (χ3n) is 6.32. The number of nitrogens with zero attached hydrogens (tertiary/aromatic N) is 2. The van der Waals surface area contributed by atoms with Crippen LogP contribution in [0.2, 0.25) is 0 Å². The number of hydrogen-bond donors (Lipinski definition) is 1. The highest BCUT2D eigenvalue weighted by atomic mass is 32.2. The minimum Gasteiger partial charge on any atom is -0.344 e. The molecular weight excluding hydrogens is 420 g/mol. The molecule has 0 aromatic heterocycles. The van der Waals surface area contributed by atoms with Crippen molar-refractivity contribution in [3.63, 3.8) is 0 Å². The van der Waals surface area contributed by atoms with Gasteiger partial charge in [0.15, 0.2) is 0 Å². The maximum absolute atomic E-state index is 12.3. The first-order chi connectivity index (χ1) is 15.5. The van der Waals surface area contributed by atoms with E-state index in [2.05, 4.69) is 24.0 Å². The first-order valence-corrected chi connectivity index (χ1v) is 13.6. The van der Waals surface area contributed by atoms with Gasteiger partial charge in [-0.05, 0) is 30.5 Å². The fraction of sp³-hybridized carbons (Fsp3) is 0.538. The van der Waals surface area contributed by atoms with Crippen LogP contribution in [0.3, 0.4) is 0 Å². The van der Waals surface area contributed by atoms with E-state index in [9.17, 15) is 13.0 Å². The molecule has 0 fully saturated rings. The lowest BCUT2D eigenvalue weighted by Gasteiger charge is -2.31. The Kier molecular flexibility index (Phi) is 9.42. The van der Waals surface area contributed by atoms with E-state index in [1.165, 1.54) is 55.7 Å². The molecule has 0 spiro atoms. The van der Waals surface area contributed by atoms with Crippen molar-refractivity contribution in [1.29, 1.82) is 0 Å². The molecule has 0 saturated heterocycles. The third-order valence-corrected chi connectivity index (χ3v) is 7.26. The monoisotopic (exact) mass is 458 g/mol. The number of rotatable bonds is 14. The van der Waals surface area contributed by atoms with Crippen LogP contribution < -0.4 is 9.21 Å². The molecule has 6 heteroatoms. The standard InChI is InChI=1S/C26H38N2O3S/c1-2-3-4-5-6-7-8-9-10-14-21-26-27(22-23-17-12-11-13-18-23)24-19-15-16-20-25(24)28(26)32(29,30)31/h11-13,15-20,26H,2-10,14,21-22H2,1H3,(H,29,30,31). The highest BCUT2D eigenvalue weighted by molar-refractivity contribution is 7.87. The molecule has 1 heterocycles. The van der Waals surface area contributed by atoms with E-state index in [0.717, 1.165) is 24.1 Å². The van der Waals surface area contributed by atoms with Crippen molar-refractivity contribution in [1.82, 2.24) is 0 Å². The van der Waals surface area contributed by atoms with E-state index in [0.29, 0.717) is 18.7 Å². The van der Waals surface area contributed by atoms with Crippen LogP contribution in [0, 0.1) is 0 Å². The number of hydrogen-bond acceptors (Lipinski definition) is 3. The SMILES string of the molecule is CCCCCCCCCCCCC1N(Cc2ccccc2)c2ccccc2N1S(=O)(=O)O. The molecule has 2 aromatic rings. The molecular formula is C26H38N2O3S. The van der Waals surface area contributed by atoms with E-state index in [1.807, 2.05) is 36.4 Å². The topological polar surface area (TPSA) is 60.9 Å². The number of para-hydroxylation sites is 2. The molecule has 0 aliphatic carbocycles. The lowest BCUT2D eigenvalue weighted by molar-refractivity contribution is 0.456. The average Bonchev–Trinajstić information content (AvgIpc) is 3.09. The molecule has 0 amide bonds. The lowest BCUT2D eigenvalue weighted by atomic mass is 10.1. The lowest BCUT2D eigenvalue weighted by Crippen LogP contribution is -2.45. The third kappa shape index (κ3) is 6.72. The Bertz CT molecular complexity index is 918.